The van der Waals surface area contributed by atoms with Crippen LogP contribution in [0.25, 0.3) is 0 Å². The molecule has 1 aliphatic heterocycles. The van der Waals surface area contributed by atoms with Gasteiger partial charge in [0.25, 0.3) is 5.82 Å². The number of nitrogens with zero attached hydrogens (tertiary/aromatic N) is 4. The number of nitrogens with one attached hydrogen (secondary N) is 1. The molecule has 1 N–H and O–H groups in total. The van der Waals surface area contributed by atoms with Gasteiger partial charge in [0.15, 0.2) is 6.20 Å². The molecule has 96 valence electrons. The second-order valence-corrected chi connectivity index (χ2v) is 3.71. The van der Waals surface area contributed by atoms with Gasteiger partial charge >= 0.3 is 5.82 Å². The fourth-order valence-corrected chi connectivity index (χ4v) is 1.31. The highest BCUT2D eigenvalue weighted by atomic mass is 19.1. The Labute approximate surface area is 108 Å². The summed E-state index contributed by atoms with van der Waals surface area (Å²) in [6, 6.07) is 0. The monoisotopic (exact) mass is 262 g/mol. The number of rotatable bonds is 2. The summed E-state index contributed by atoms with van der Waals surface area (Å²) in [6.45, 7) is 3.55. The van der Waals surface area contributed by atoms with Gasteiger partial charge in [0.2, 0.25) is 6.20 Å². The van der Waals surface area contributed by atoms with Gasteiger partial charge in [-0.25, -0.2) is 9.38 Å². The Morgan fingerprint density at radius 2 is 2.32 bits per heavy atom. The van der Waals surface area contributed by atoms with Crippen molar-refractivity contribution in [2.45, 2.75) is 12.8 Å². The lowest BCUT2D eigenvalue weighted by atomic mass is 10.2. The summed E-state index contributed by atoms with van der Waals surface area (Å²) in [4.78, 5) is 11.2. The van der Waals surface area contributed by atoms with E-state index < -0.39 is 11.6 Å². The summed E-state index contributed by atoms with van der Waals surface area (Å²) in [5.74, 6) is -0.550. The van der Waals surface area contributed by atoms with E-state index in [1.54, 1.807) is 0 Å². The molecule has 0 saturated heterocycles. The van der Waals surface area contributed by atoms with E-state index in [0.29, 0.717) is 11.5 Å². The average molecular weight is 262 g/mol. The molecular weight excluding hydrogens is 252 g/mol. The van der Waals surface area contributed by atoms with Crippen molar-refractivity contribution >= 4 is 11.9 Å². The highest BCUT2D eigenvalue weighted by Gasteiger charge is 2.13. The largest absolute Gasteiger partial charge is 0.407 e. The zero-order valence-electron chi connectivity index (χ0n) is 9.90. The normalized spacial score (nSPS) is 15.4. The fraction of sp³-hybridized carbons (Fsp3) is 0.167. The van der Waals surface area contributed by atoms with Gasteiger partial charge in [-0.05, 0) is 11.1 Å². The summed E-state index contributed by atoms with van der Waals surface area (Å²) in [5, 5.41) is 4.03. The zero-order valence-corrected chi connectivity index (χ0v) is 9.90. The quantitative estimate of drug-likeness (QED) is 0.861. The molecule has 0 radical (unpaired) electrons. The molecule has 7 heteroatoms. The third kappa shape index (κ3) is 3.96. The third-order valence-electron chi connectivity index (χ3n) is 2.20. The topological polar surface area (TPSA) is 63.7 Å². The Bertz CT molecular complexity index is 560. The highest BCUT2D eigenvalue weighted by molar-refractivity contribution is 5.88. The smallest absolute Gasteiger partial charge is 0.262 e. The van der Waals surface area contributed by atoms with Gasteiger partial charge < -0.3 is 0 Å². The molecule has 0 aliphatic carbocycles. The first kappa shape index (κ1) is 12.8. The van der Waals surface area contributed by atoms with E-state index in [1.807, 2.05) is 0 Å². The second-order valence-electron chi connectivity index (χ2n) is 3.71. The maximum Gasteiger partial charge on any atom is 0.407 e. The summed E-state index contributed by atoms with van der Waals surface area (Å²) in [5.41, 5.74) is 3.15. The molecule has 0 saturated carbocycles. The molecule has 19 heavy (non-hydrogen) atoms. The number of halogens is 2. The van der Waals surface area contributed by atoms with Crippen molar-refractivity contribution in [1.29, 1.82) is 0 Å². The minimum atomic E-state index is -0.633. The van der Waals surface area contributed by atoms with Crippen molar-refractivity contribution in [3.05, 3.63) is 48.3 Å². The lowest BCUT2D eigenvalue weighted by molar-refractivity contribution is -0.314. The maximum absolute atomic E-state index is 13.2. The van der Waals surface area contributed by atoms with Gasteiger partial charge in [-0.1, -0.05) is 6.58 Å². The first-order valence-electron chi connectivity index (χ1n) is 5.42. The van der Waals surface area contributed by atoms with Crippen molar-refractivity contribution in [1.82, 2.24) is 10.4 Å². The van der Waals surface area contributed by atoms with Crippen LogP contribution in [-0.2, 0) is 6.42 Å². The van der Waals surface area contributed by atoms with Crippen LogP contribution in [0.5, 0.6) is 0 Å². The first-order valence-corrected chi connectivity index (χ1v) is 5.42. The number of aromatic nitrogens is 2. The van der Waals surface area contributed by atoms with Crippen LogP contribution in [0, 0.1) is 12.0 Å². The molecule has 0 spiro atoms. The van der Waals surface area contributed by atoms with Gasteiger partial charge in [0.1, 0.15) is 18.1 Å². The van der Waals surface area contributed by atoms with Crippen LogP contribution in [-0.4, -0.2) is 16.9 Å². The van der Waals surface area contributed by atoms with Crippen LogP contribution in [0.3, 0.4) is 0 Å². The molecule has 0 bridgehead atoms. The Kier molecular flexibility index (Phi) is 3.93. The van der Waals surface area contributed by atoms with E-state index in [0.717, 1.165) is 12.4 Å². The van der Waals surface area contributed by atoms with Crippen molar-refractivity contribution < 1.29 is 13.8 Å². The SMILES string of the molecule is C=C1N=CC(F)=CCC(Cc2ncc(F)c#[n+]2)=NN1. The number of hydrogen-bond acceptors (Lipinski definition) is 4. The van der Waals surface area contributed by atoms with Crippen molar-refractivity contribution in [3.63, 3.8) is 0 Å². The van der Waals surface area contributed by atoms with E-state index in [9.17, 15) is 8.78 Å². The van der Waals surface area contributed by atoms with Crippen LogP contribution in [0.4, 0.5) is 8.78 Å². The van der Waals surface area contributed by atoms with E-state index in [2.05, 4.69) is 38.3 Å². The molecule has 2 heterocycles. The standard InChI is InChI=1S/C12H10F2N5/c1-8-15-5-9(13)2-3-11(19-18-8)4-12-16-6-10(14)7-17-12/h2,5-6,18H,1,3-4H2/q+1. The summed E-state index contributed by atoms with van der Waals surface area (Å²) >= 11 is 0. The van der Waals surface area contributed by atoms with Crippen LogP contribution in [0.2, 0.25) is 0 Å². The van der Waals surface area contributed by atoms with Gasteiger partial charge in [0, 0.05) is 6.42 Å². The molecule has 0 amide bonds. The van der Waals surface area contributed by atoms with E-state index in [4.69, 9.17) is 0 Å². The van der Waals surface area contributed by atoms with Gasteiger partial charge in [-0.2, -0.15) is 14.5 Å². The summed E-state index contributed by atoms with van der Waals surface area (Å²) in [6.07, 6.45) is 6.07. The Morgan fingerprint density at radius 1 is 1.47 bits per heavy atom. The number of hydrogen-bond donors (Lipinski definition) is 1. The van der Waals surface area contributed by atoms with Crippen LogP contribution in [0.1, 0.15) is 12.2 Å². The zero-order chi connectivity index (χ0) is 13.7. The van der Waals surface area contributed by atoms with E-state index in [-0.39, 0.29) is 18.7 Å². The van der Waals surface area contributed by atoms with E-state index >= 15 is 0 Å². The van der Waals surface area contributed by atoms with Gasteiger partial charge in [0.05, 0.1) is 11.9 Å². The van der Waals surface area contributed by atoms with Gasteiger partial charge in [-0.15, -0.1) is 0 Å². The third-order valence-corrected chi connectivity index (χ3v) is 2.20. The molecule has 2 rings (SSSR count). The number of aliphatic imine (C=N–C) groups is 1. The van der Waals surface area contributed by atoms with Crippen molar-refractivity contribution in [2.75, 3.05) is 0 Å². The van der Waals surface area contributed by atoms with Crippen molar-refractivity contribution in [3.8, 4) is 0 Å². The molecule has 0 fully saturated rings. The lowest BCUT2D eigenvalue weighted by Crippen LogP contribution is -2.16. The highest BCUT2D eigenvalue weighted by Crippen LogP contribution is 2.04. The minimum Gasteiger partial charge on any atom is -0.262 e. The first-order chi connectivity index (χ1) is 9.13. The van der Waals surface area contributed by atoms with Crippen LogP contribution < -0.4 is 10.4 Å². The Balaban J connectivity index is 2.14. The minimum absolute atomic E-state index is 0.217. The van der Waals surface area contributed by atoms with Crippen molar-refractivity contribution in [2.24, 2.45) is 10.1 Å². The van der Waals surface area contributed by atoms with Crippen LogP contribution in [0.15, 0.2) is 40.6 Å². The molecular formula is C12H10F2N5+. The summed E-state index contributed by atoms with van der Waals surface area (Å²) < 4.78 is 25.9. The molecule has 5 nitrogen and oxygen atoms in total. The molecule has 1 aromatic rings. The molecule has 0 aromatic carbocycles. The molecule has 0 atom stereocenters. The molecule has 1 aromatic heterocycles. The maximum atomic E-state index is 13.2. The average Bonchev–Trinajstić information content (AvgIpc) is 2.48. The molecule has 0 unspecified atom stereocenters. The number of allylic oxidation sites excluding steroid dienone is 2. The second kappa shape index (κ2) is 5.82. The predicted octanol–water partition coefficient (Wildman–Crippen LogP) is 0.908. The molecule has 1 aliphatic rings. The Morgan fingerprint density at radius 3 is 3.05 bits per heavy atom. The number of hydrazone groups is 1. The van der Waals surface area contributed by atoms with E-state index in [1.165, 1.54) is 6.08 Å². The predicted molar refractivity (Wildman–Crippen MR) is 64.3 cm³/mol. The van der Waals surface area contributed by atoms with Crippen LogP contribution >= 0.6 is 0 Å². The fourth-order valence-electron chi connectivity index (χ4n) is 1.31. The lowest BCUT2D eigenvalue weighted by Gasteiger charge is -2.00. The Hall–Kier alpha value is -2.62. The van der Waals surface area contributed by atoms with Gasteiger partial charge in [-0.3, -0.25) is 5.43 Å². The summed E-state index contributed by atoms with van der Waals surface area (Å²) in [7, 11) is 0.